The molecule has 0 radical (unpaired) electrons. The van der Waals surface area contributed by atoms with Crippen LogP contribution in [0.15, 0.2) is 16.7 Å². The summed E-state index contributed by atoms with van der Waals surface area (Å²) in [7, 11) is 0. The van der Waals surface area contributed by atoms with Gasteiger partial charge in [0.15, 0.2) is 0 Å². The molecule has 0 N–H and O–H groups in total. The summed E-state index contributed by atoms with van der Waals surface area (Å²) in [6.07, 6.45) is 4.03. The first-order chi connectivity index (χ1) is 6.42. The van der Waals surface area contributed by atoms with Crippen LogP contribution in [0.1, 0.15) is 31.4 Å². The first-order valence-corrected chi connectivity index (χ1v) is 4.73. The summed E-state index contributed by atoms with van der Waals surface area (Å²) in [5.41, 5.74) is 1.05. The second-order valence-electron chi connectivity index (χ2n) is 3.10. The Bertz CT molecular complexity index is 261. The highest BCUT2D eigenvalue weighted by Gasteiger charge is 2.23. The lowest BCUT2D eigenvalue weighted by Gasteiger charge is -2.08. The van der Waals surface area contributed by atoms with Crippen molar-refractivity contribution in [2.75, 3.05) is 13.2 Å². The molecule has 1 saturated heterocycles. The number of ether oxygens (including phenoxy) is 2. The molecule has 1 aromatic rings. The lowest BCUT2D eigenvalue weighted by atomic mass is 10.1. The summed E-state index contributed by atoms with van der Waals surface area (Å²) in [6, 6.07) is 1.93. The highest BCUT2D eigenvalue weighted by Crippen LogP contribution is 2.35. The Morgan fingerprint density at radius 2 is 2.54 bits per heavy atom. The van der Waals surface area contributed by atoms with Crippen LogP contribution in [0.4, 0.5) is 0 Å². The highest BCUT2D eigenvalue weighted by atomic mass is 16.6. The number of rotatable bonds is 3. The quantitative estimate of drug-likeness (QED) is 0.719. The molecule has 1 aromatic heterocycles. The van der Waals surface area contributed by atoms with Crippen LogP contribution in [-0.4, -0.2) is 13.2 Å². The van der Waals surface area contributed by atoms with E-state index in [0.717, 1.165) is 25.0 Å². The molecule has 0 bridgehead atoms. The van der Waals surface area contributed by atoms with Gasteiger partial charge in [-0.05, 0) is 25.8 Å². The topological polar surface area (TPSA) is 31.6 Å². The van der Waals surface area contributed by atoms with E-state index in [2.05, 4.69) is 0 Å². The molecular formula is C10H14O3. The lowest BCUT2D eigenvalue weighted by Crippen LogP contribution is -1.98. The standard InChI is InChI=1S/C10H14O3/c1-2-11-10-8(5-7-13-10)9-4-3-6-12-9/h5,7,9H,2-4,6H2,1H3. The lowest BCUT2D eigenvalue weighted by molar-refractivity contribution is 0.106. The van der Waals surface area contributed by atoms with Crippen LogP contribution in [0.3, 0.4) is 0 Å². The van der Waals surface area contributed by atoms with Gasteiger partial charge in [-0.15, -0.1) is 0 Å². The van der Waals surface area contributed by atoms with E-state index in [-0.39, 0.29) is 6.10 Å². The van der Waals surface area contributed by atoms with Crippen LogP contribution in [0.25, 0.3) is 0 Å². The van der Waals surface area contributed by atoms with E-state index >= 15 is 0 Å². The summed E-state index contributed by atoms with van der Waals surface area (Å²) >= 11 is 0. The first-order valence-electron chi connectivity index (χ1n) is 4.73. The van der Waals surface area contributed by atoms with Crippen molar-refractivity contribution in [2.45, 2.75) is 25.9 Å². The van der Waals surface area contributed by atoms with Crippen molar-refractivity contribution in [3.8, 4) is 5.95 Å². The van der Waals surface area contributed by atoms with E-state index < -0.39 is 0 Å². The molecule has 72 valence electrons. The van der Waals surface area contributed by atoms with Crippen molar-refractivity contribution in [3.63, 3.8) is 0 Å². The van der Waals surface area contributed by atoms with Crippen molar-refractivity contribution in [3.05, 3.63) is 17.9 Å². The van der Waals surface area contributed by atoms with Gasteiger partial charge in [-0.3, -0.25) is 0 Å². The second-order valence-corrected chi connectivity index (χ2v) is 3.10. The van der Waals surface area contributed by atoms with E-state index in [9.17, 15) is 0 Å². The van der Waals surface area contributed by atoms with E-state index in [1.807, 2.05) is 13.0 Å². The Balaban J connectivity index is 2.13. The molecule has 1 aliphatic rings. The molecule has 2 heterocycles. The Labute approximate surface area is 77.6 Å². The molecule has 3 heteroatoms. The zero-order valence-corrected chi connectivity index (χ0v) is 7.79. The third-order valence-corrected chi connectivity index (χ3v) is 2.21. The minimum atomic E-state index is 0.181. The van der Waals surface area contributed by atoms with E-state index in [0.29, 0.717) is 12.6 Å². The van der Waals surface area contributed by atoms with Crippen molar-refractivity contribution < 1.29 is 13.9 Å². The van der Waals surface area contributed by atoms with E-state index in [1.165, 1.54) is 0 Å². The molecule has 2 rings (SSSR count). The summed E-state index contributed by atoms with van der Waals surface area (Å²) in [5, 5.41) is 0. The van der Waals surface area contributed by atoms with Crippen LogP contribution < -0.4 is 4.74 Å². The Morgan fingerprint density at radius 1 is 1.62 bits per heavy atom. The van der Waals surface area contributed by atoms with Gasteiger partial charge in [0.1, 0.15) is 0 Å². The molecule has 0 saturated carbocycles. The van der Waals surface area contributed by atoms with E-state index in [1.54, 1.807) is 6.26 Å². The number of hydrogen-bond acceptors (Lipinski definition) is 3. The molecule has 0 aromatic carbocycles. The highest BCUT2D eigenvalue weighted by molar-refractivity contribution is 5.25. The zero-order chi connectivity index (χ0) is 9.10. The van der Waals surface area contributed by atoms with Gasteiger partial charge < -0.3 is 13.9 Å². The average Bonchev–Trinajstić information content (AvgIpc) is 2.71. The van der Waals surface area contributed by atoms with Crippen LogP contribution in [-0.2, 0) is 4.74 Å². The van der Waals surface area contributed by atoms with Gasteiger partial charge in [-0.1, -0.05) is 0 Å². The predicted molar refractivity (Wildman–Crippen MR) is 47.8 cm³/mol. The Morgan fingerprint density at radius 3 is 3.23 bits per heavy atom. The monoisotopic (exact) mass is 182 g/mol. The summed E-state index contributed by atoms with van der Waals surface area (Å²) in [5.74, 6) is 0.620. The molecule has 0 spiro atoms. The minimum absolute atomic E-state index is 0.181. The maximum atomic E-state index is 5.54. The maximum Gasteiger partial charge on any atom is 0.290 e. The largest absolute Gasteiger partial charge is 0.465 e. The normalized spacial score (nSPS) is 22.1. The predicted octanol–water partition coefficient (Wildman–Crippen LogP) is 2.53. The maximum absolute atomic E-state index is 5.54. The van der Waals surface area contributed by atoms with Gasteiger partial charge in [0, 0.05) is 6.61 Å². The summed E-state index contributed by atoms with van der Waals surface area (Å²) < 4.78 is 16.1. The van der Waals surface area contributed by atoms with Gasteiger partial charge in [0.2, 0.25) is 0 Å². The third-order valence-electron chi connectivity index (χ3n) is 2.21. The third kappa shape index (κ3) is 1.70. The van der Waals surface area contributed by atoms with Crippen molar-refractivity contribution in [1.82, 2.24) is 0 Å². The van der Waals surface area contributed by atoms with Crippen molar-refractivity contribution in [1.29, 1.82) is 0 Å². The molecule has 0 aliphatic carbocycles. The molecule has 3 nitrogen and oxygen atoms in total. The van der Waals surface area contributed by atoms with Crippen LogP contribution in [0, 0.1) is 0 Å². The molecule has 1 unspecified atom stereocenters. The van der Waals surface area contributed by atoms with Crippen LogP contribution in [0.5, 0.6) is 5.95 Å². The van der Waals surface area contributed by atoms with Gasteiger partial charge in [-0.25, -0.2) is 0 Å². The molecule has 1 atom stereocenters. The molecule has 0 amide bonds. The van der Waals surface area contributed by atoms with Gasteiger partial charge >= 0.3 is 0 Å². The average molecular weight is 182 g/mol. The van der Waals surface area contributed by atoms with E-state index in [4.69, 9.17) is 13.9 Å². The summed E-state index contributed by atoms with van der Waals surface area (Å²) in [4.78, 5) is 0. The SMILES string of the molecule is CCOc1occc1C1CCCO1. The minimum Gasteiger partial charge on any atom is -0.465 e. The molecule has 1 fully saturated rings. The zero-order valence-electron chi connectivity index (χ0n) is 7.79. The fourth-order valence-electron chi connectivity index (χ4n) is 1.62. The molecule has 13 heavy (non-hydrogen) atoms. The van der Waals surface area contributed by atoms with Crippen molar-refractivity contribution in [2.24, 2.45) is 0 Å². The summed E-state index contributed by atoms with van der Waals surface area (Å²) in [6.45, 7) is 3.43. The fourth-order valence-corrected chi connectivity index (χ4v) is 1.62. The van der Waals surface area contributed by atoms with Crippen LogP contribution >= 0.6 is 0 Å². The molecular weight excluding hydrogens is 168 g/mol. The van der Waals surface area contributed by atoms with Crippen LogP contribution in [0.2, 0.25) is 0 Å². The first kappa shape index (κ1) is 8.63. The molecule has 1 aliphatic heterocycles. The van der Waals surface area contributed by atoms with Gasteiger partial charge in [0.25, 0.3) is 5.95 Å². The Hall–Kier alpha value is -0.960. The smallest absolute Gasteiger partial charge is 0.290 e. The second kappa shape index (κ2) is 3.83. The number of furan rings is 1. The van der Waals surface area contributed by atoms with Crippen molar-refractivity contribution >= 4 is 0 Å². The Kier molecular flexibility index (Phi) is 2.54. The van der Waals surface area contributed by atoms with Gasteiger partial charge in [-0.2, -0.15) is 0 Å². The number of hydrogen-bond donors (Lipinski definition) is 0. The van der Waals surface area contributed by atoms with Gasteiger partial charge in [0.05, 0.1) is 24.5 Å². The fraction of sp³-hybridized carbons (Fsp3) is 0.600.